The molecule has 1 aliphatic rings. The lowest BCUT2D eigenvalue weighted by Crippen LogP contribution is -2.20. The van der Waals surface area contributed by atoms with Crippen LogP contribution in [-0.4, -0.2) is 24.4 Å². The number of esters is 1. The van der Waals surface area contributed by atoms with Crippen molar-refractivity contribution in [1.82, 2.24) is 0 Å². The number of anilines is 2. The zero-order chi connectivity index (χ0) is 28.8. The molecule has 1 unspecified atom stereocenters. The number of carbonyl (C=O) groups is 3. The highest BCUT2D eigenvalue weighted by Crippen LogP contribution is 2.41. The number of amides is 2. The number of hydrogen-bond acceptors (Lipinski definition) is 6. The van der Waals surface area contributed by atoms with Gasteiger partial charge >= 0.3 is 5.97 Å². The van der Waals surface area contributed by atoms with E-state index >= 15 is 0 Å². The van der Waals surface area contributed by atoms with E-state index in [0.29, 0.717) is 21.8 Å². The number of aryl methyl sites for hydroxylation is 2. The summed E-state index contributed by atoms with van der Waals surface area (Å²) in [6.07, 6.45) is 3.80. The third-order valence-corrected chi connectivity index (χ3v) is 9.31. The van der Waals surface area contributed by atoms with Gasteiger partial charge in [0.25, 0.3) is 5.91 Å². The molecule has 0 radical (unpaired) electrons. The van der Waals surface area contributed by atoms with Crippen LogP contribution >= 0.6 is 23.1 Å². The Balaban J connectivity index is 1.40. The highest BCUT2D eigenvalue weighted by molar-refractivity contribution is 8.00. The van der Waals surface area contributed by atoms with Gasteiger partial charge in [0.15, 0.2) is 0 Å². The second-order valence-corrected chi connectivity index (χ2v) is 12.2. The van der Waals surface area contributed by atoms with E-state index in [-0.39, 0.29) is 24.4 Å². The van der Waals surface area contributed by atoms with Crippen LogP contribution in [0.2, 0.25) is 0 Å². The van der Waals surface area contributed by atoms with E-state index in [1.165, 1.54) is 23.1 Å². The van der Waals surface area contributed by atoms with Crippen LogP contribution in [0.3, 0.4) is 0 Å². The van der Waals surface area contributed by atoms with Gasteiger partial charge in [-0.25, -0.2) is 4.79 Å². The zero-order valence-corrected chi connectivity index (χ0v) is 24.7. The maximum absolute atomic E-state index is 13.9. The standard InChI is InChI=1S/C33H32N2O4S2/c1-3-39-33(38)28-26-17-7-8-18-27(26)41-32(28)35-31(37)29(22-12-5-4-6-13-22)40-25-16-10-15-24(20-25)34-30(36)23-14-9-11-21(2)19-23/h4-6,9-16,19-20,29H,3,7-8,17-18H2,1-2H3,(H,34,36)(H,35,37). The van der Waals surface area contributed by atoms with Crippen molar-refractivity contribution in [1.29, 1.82) is 0 Å². The molecule has 1 atom stereocenters. The summed E-state index contributed by atoms with van der Waals surface area (Å²) in [5, 5.41) is 6.02. The molecule has 2 N–H and O–H groups in total. The molecule has 4 aromatic rings. The van der Waals surface area contributed by atoms with Gasteiger partial charge < -0.3 is 15.4 Å². The molecule has 0 saturated heterocycles. The summed E-state index contributed by atoms with van der Waals surface area (Å²) in [5.41, 5.74) is 4.58. The summed E-state index contributed by atoms with van der Waals surface area (Å²) in [4.78, 5) is 41.7. The molecule has 5 rings (SSSR count). The van der Waals surface area contributed by atoms with Gasteiger partial charge in [0, 0.05) is 21.0 Å². The normalized spacial score (nSPS) is 13.1. The van der Waals surface area contributed by atoms with Crippen LogP contribution in [-0.2, 0) is 22.4 Å². The van der Waals surface area contributed by atoms with Crippen molar-refractivity contribution in [2.45, 2.75) is 49.7 Å². The monoisotopic (exact) mass is 584 g/mol. The van der Waals surface area contributed by atoms with Crippen LogP contribution < -0.4 is 10.6 Å². The summed E-state index contributed by atoms with van der Waals surface area (Å²) in [5.74, 6) is -0.802. The average Bonchev–Trinajstić information content (AvgIpc) is 3.34. The van der Waals surface area contributed by atoms with E-state index in [1.807, 2.05) is 79.7 Å². The molecule has 8 heteroatoms. The van der Waals surface area contributed by atoms with Gasteiger partial charge in [0.1, 0.15) is 10.3 Å². The fourth-order valence-corrected chi connectivity index (χ4v) is 7.29. The summed E-state index contributed by atoms with van der Waals surface area (Å²) >= 11 is 2.88. The SMILES string of the molecule is CCOC(=O)c1c(NC(=O)C(Sc2cccc(NC(=O)c3cccc(C)c3)c2)c2ccccc2)sc2c1CCCC2. The lowest BCUT2D eigenvalue weighted by molar-refractivity contribution is -0.115. The van der Waals surface area contributed by atoms with E-state index in [2.05, 4.69) is 10.6 Å². The molecule has 0 aliphatic heterocycles. The van der Waals surface area contributed by atoms with Crippen molar-refractivity contribution in [3.63, 3.8) is 0 Å². The minimum Gasteiger partial charge on any atom is -0.462 e. The zero-order valence-electron chi connectivity index (χ0n) is 23.1. The fraction of sp³-hybridized carbons (Fsp3) is 0.242. The number of rotatable bonds is 9. The van der Waals surface area contributed by atoms with Gasteiger partial charge in [0.05, 0.1) is 12.2 Å². The van der Waals surface area contributed by atoms with Crippen molar-refractivity contribution in [2.24, 2.45) is 0 Å². The summed E-state index contributed by atoms with van der Waals surface area (Å²) in [6, 6.07) is 24.5. The Hall–Kier alpha value is -3.88. The summed E-state index contributed by atoms with van der Waals surface area (Å²) in [6.45, 7) is 4.01. The predicted molar refractivity (Wildman–Crippen MR) is 166 cm³/mol. The number of fused-ring (bicyclic) bond motifs is 1. The molecule has 41 heavy (non-hydrogen) atoms. The van der Waals surface area contributed by atoms with Crippen LogP contribution in [0.5, 0.6) is 0 Å². The Bertz CT molecular complexity index is 1560. The van der Waals surface area contributed by atoms with E-state index in [0.717, 1.165) is 52.1 Å². The summed E-state index contributed by atoms with van der Waals surface area (Å²) < 4.78 is 5.38. The molecule has 2 amide bonds. The minimum absolute atomic E-state index is 0.193. The Morgan fingerprint density at radius 1 is 0.927 bits per heavy atom. The third-order valence-electron chi connectivity index (χ3n) is 6.85. The summed E-state index contributed by atoms with van der Waals surface area (Å²) in [7, 11) is 0. The predicted octanol–water partition coefficient (Wildman–Crippen LogP) is 7.84. The molecule has 6 nitrogen and oxygen atoms in total. The molecular weight excluding hydrogens is 553 g/mol. The average molecular weight is 585 g/mol. The van der Waals surface area contributed by atoms with Crippen LogP contribution in [0.25, 0.3) is 0 Å². The van der Waals surface area contributed by atoms with E-state index < -0.39 is 5.25 Å². The second kappa shape index (κ2) is 13.2. The van der Waals surface area contributed by atoms with Crippen LogP contribution in [0.4, 0.5) is 10.7 Å². The van der Waals surface area contributed by atoms with Crippen molar-refractivity contribution in [2.75, 3.05) is 17.2 Å². The first-order valence-electron chi connectivity index (χ1n) is 13.7. The molecule has 0 spiro atoms. The van der Waals surface area contributed by atoms with Gasteiger partial charge in [-0.3, -0.25) is 9.59 Å². The molecule has 3 aromatic carbocycles. The highest BCUT2D eigenvalue weighted by atomic mass is 32.2. The number of thiophene rings is 1. The Morgan fingerprint density at radius 2 is 1.71 bits per heavy atom. The van der Waals surface area contributed by atoms with Crippen LogP contribution in [0, 0.1) is 6.92 Å². The third kappa shape index (κ3) is 6.89. The minimum atomic E-state index is -0.590. The number of thioether (sulfide) groups is 1. The van der Waals surface area contributed by atoms with Crippen molar-refractivity contribution in [3.05, 3.63) is 112 Å². The molecule has 1 aliphatic carbocycles. The van der Waals surface area contributed by atoms with Gasteiger partial charge in [0.2, 0.25) is 5.91 Å². The molecule has 210 valence electrons. The van der Waals surface area contributed by atoms with Gasteiger partial charge in [-0.1, -0.05) is 54.1 Å². The first kappa shape index (κ1) is 28.6. The first-order chi connectivity index (χ1) is 19.9. The Kier molecular flexibility index (Phi) is 9.21. The van der Waals surface area contributed by atoms with Gasteiger partial charge in [-0.2, -0.15) is 0 Å². The van der Waals surface area contributed by atoms with Crippen molar-refractivity contribution < 1.29 is 19.1 Å². The first-order valence-corrected chi connectivity index (χ1v) is 15.4. The molecule has 1 aromatic heterocycles. The van der Waals surface area contributed by atoms with E-state index in [4.69, 9.17) is 4.74 Å². The maximum atomic E-state index is 13.9. The molecular formula is C33H32N2O4S2. The molecule has 0 bridgehead atoms. The van der Waals surface area contributed by atoms with Gasteiger partial charge in [-0.15, -0.1) is 23.1 Å². The van der Waals surface area contributed by atoms with Gasteiger partial charge in [-0.05, 0) is 81.0 Å². The number of hydrogen-bond donors (Lipinski definition) is 2. The lowest BCUT2D eigenvalue weighted by atomic mass is 9.95. The second-order valence-electron chi connectivity index (χ2n) is 9.88. The van der Waals surface area contributed by atoms with Crippen LogP contribution in [0.15, 0.2) is 83.8 Å². The smallest absolute Gasteiger partial charge is 0.341 e. The van der Waals surface area contributed by atoms with E-state index in [9.17, 15) is 14.4 Å². The number of carbonyl (C=O) groups excluding carboxylic acids is 3. The number of ether oxygens (including phenoxy) is 1. The fourth-order valence-electron chi connectivity index (χ4n) is 4.92. The van der Waals surface area contributed by atoms with Crippen molar-refractivity contribution in [3.8, 4) is 0 Å². The lowest BCUT2D eigenvalue weighted by Gasteiger charge is -2.18. The topological polar surface area (TPSA) is 84.5 Å². The molecule has 0 fully saturated rings. The molecule has 0 saturated carbocycles. The quantitative estimate of drug-likeness (QED) is 0.155. The Morgan fingerprint density at radius 3 is 2.49 bits per heavy atom. The maximum Gasteiger partial charge on any atom is 0.341 e. The largest absolute Gasteiger partial charge is 0.462 e. The Labute approximate surface area is 248 Å². The van der Waals surface area contributed by atoms with E-state index in [1.54, 1.807) is 13.0 Å². The molecule has 1 heterocycles. The van der Waals surface area contributed by atoms with Crippen molar-refractivity contribution >= 4 is 51.6 Å². The number of benzene rings is 3. The van der Waals surface area contributed by atoms with Crippen LogP contribution in [0.1, 0.15) is 67.3 Å². The number of nitrogens with one attached hydrogen (secondary N) is 2. The highest BCUT2D eigenvalue weighted by Gasteiger charge is 2.30.